The topological polar surface area (TPSA) is 38.7 Å². The maximum absolute atomic E-state index is 5.30. The molecule has 0 amide bonds. The molecule has 0 aliphatic rings. The molecule has 3 nitrogen and oxygen atoms in total. The first-order chi connectivity index (χ1) is 30.2. The number of hydrogen-bond donors (Lipinski definition) is 0. The average Bonchev–Trinajstić information content (AvgIpc) is 3.73. The highest BCUT2D eigenvalue weighted by atomic mass is 32.1. The minimum atomic E-state index is 0.635. The number of thiophene rings is 1. The van der Waals surface area contributed by atoms with E-state index >= 15 is 0 Å². The van der Waals surface area contributed by atoms with Crippen LogP contribution in [0.1, 0.15) is 0 Å². The van der Waals surface area contributed by atoms with E-state index in [9.17, 15) is 0 Å². The molecule has 0 fully saturated rings. The van der Waals surface area contributed by atoms with Crippen molar-refractivity contribution in [2.45, 2.75) is 0 Å². The van der Waals surface area contributed by atoms with Crippen molar-refractivity contribution in [3.05, 3.63) is 212 Å². The molecule has 0 N–H and O–H groups in total. The Kier molecular flexibility index (Phi) is 8.36. The molecule has 0 saturated heterocycles. The SMILES string of the molecule is c1ccc(-c2cc3ccc(-c4cccc(-c5nc(-c6ccc7ccc8ccccc8c7c6)nc(-c6cccc7sc8ccccc8c67)n5)c4)cc3cc2-c2ccccc2)cc1. The fourth-order valence-corrected chi connectivity index (χ4v) is 10.0. The third-order valence-electron chi connectivity index (χ3n) is 11.9. The predicted octanol–water partition coefficient (Wildman–Crippen LogP) is 15.7. The van der Waals surface area contributed by atoms with Crippen molar-refractivity contribution in [2.75, 3.05) is 0 Å². The van der Waals surface area contributed by atoms with Gasteiger partial charge in [0.25, 0.3) is 0 Å². The van der Waals surface area contributed by atoms with Gasteiger partial charge in [-0.05, 0) is 108 Å². The summed E-state index contributed by atoms with van der Waals surface area (Å²) in [6, 6.07) is 76.0. The second-order valence-corrected chi connectivity index (χ2v) is 16.7. The lowest BCUT2D eigenvalue weighted by Crippen LogP contribution is -2.00. The summed E-state index contributed by atoms with van der Waals surface area (Å²) < 4.78 is 2.46. The molecule has 0 aliphatic heterocycles. The van der Waals surface area contributed by atoms with E-state index in [2.05, 4.69) is 212 Å². The number of nitrogens with zero attached hydrogens (tertiary/aromatic N) is 3. The van der Waals surface area contributed by atoms with Crippen molar-refractivity contribution in [2.24, 2.45) is 0 Å². The standard InChI is InChI=1S/C57H35N3S/c1-3-13-36(14-4-1)50-33-42-29-28-41(32-45(42)35-51(50)37-15-5-2-6-16-37)40-18-11-19-43(31-40)55-58-56(44-30-27-39-26-25-38-17-7-8-20-46(38)49(39)34-44)60-57(59-55)48-22-12-24-53-54(48)47-21-9-10-23-52(47)61-53/h1-35H. The fraction of sp³-hybridized carbons (Fsp3) is 0. The van der Waals surface area contributed by atoms with Crippen molar-refractivity contribution < 1.29 is 0 Å². The Morgan fingerprint density at radius 1 is 0.262 bits per heavy atom. The van der Waals surface area contributed by atoms with Crippen LogP contribution in [0.2, 0.25) is 0 Å². The molecule has 12 aromatic rings. The molecular formula is C57H35N3S. The molecule has 0 aliphatic carbocycles. The average molecular weight is 794 g/mol. The molecule has 0 atom stereocenters. The molecule has 0 bridgehead atoms. The van der Waals surface area contributed by atoms with Crippen molar-refractivity contribution in [1.82, 2.24) is 15.0 Å². The summed E-state index contributed by atoms with van der Waals surface area (Å²) in [4.78, 5) is 15.8. The maximum atomic E-state index is 5.30. The van der Waals surface area contributed by atoms with Crippen LogP contribution in [0.25, 0.3) is 120 Å². The number of fused-ring (bicyclic) bond motifs is 7. The molecule has 4 heteroatoms. The summed E-state index contributed by atoms with van der Waals surface area (Å²) in [5, 5.41) is 9.54. The van der Waals surface area contributed by atoms with Crippen molar-refractivity contribution in [3.63, 3.8) is 0 Å². The second kappa shape index (κ2) is 14.5. The summed E-state index contributed by atoms with van der Waals surface area (Å²) >= 11 is 1.80. The van der Waals surface area contributed by atoms with Gasteiger partial charge in [-0.25, -0.2) is 15.0 Å². The molecular weight excluding hydrogens is 759 g/mol. The smallest absolute Gasteiger partial charge is 0.164 e. The van der Waals surface area contributed by atoms with Gasteiger partial charge in [-0.15, -0.1) is 11.3 Å². The normalized spacial score (nSPS) is 11.6. The molecule has 2 heterocycles. The summed E-state index contributed by atoms with van der Waals surface area (Å²) in [5.41, 5.74) is 9.95. The van der Waals surface area contributed by atoms with E-state index in [4.69, 9.17) is 15.0 Å². The number of aromatic nitrogens is 3. The molecule has 0 saturated carbocycles. The molecule has 10 aromatic carbocycles. The third-order valence-corrected chi connectivity index (χ3v) is 13.0. The van der Waals surface area contributed by atoms with Crippen molar-refractivity contribution >= 4 is 63.8 Å². The number of hydrogen-bond acceptors (Lipinski definition) is 4. The van der Waals surface area contributed by atoms with Crippen LogP contribution in [0.15, 0.2) is 212 Å². The zero-order valence-corrected chi connectivity index (χ0v) is 33.8. The van der Waals surface area contributed by atoms with E-state index in [0.29, 0.717) is 17.5 Å². The van der Waals surface area contributed by atoms with Crippen LogP contribution in [0, 0.1) is 0 Å². The second-order valence-electron chi connectivity index (χ2n) is 15.6. The fourth-order valence-electron chi connectivity index (χ4n) is 8.88. The Hall–Kier alpha value is -7.79. The summed E-state index contributed by atoms with van der Waals surface area (Å²) in [6.45, 7) is 0. The summed E-state index contributed by atoms with van der Waals surface area (Å²) in [5.74, 6) is 1.94. The largest absolute Gasteiger partial charge is 0.208 e. The minimum absolute atomic E-state index is 0.635. The minimum Gasteiger partial charge on any atom is -0.208 e. The van der Waals surface area contributed by atoms with Gasteiger partial charge < -0.3 is 0 Å². The van der Waals surface area contributed by atoms with E-state index in [0.717, 1.165) is 27.8 Å². The van der Waals surface area contributed by atoms with Crippen molar-refractivity contribution in [3.8, 4) is 67.5 Å². The van der Waals surface area contributed by atoms with Crippen LogP contribution in [0.5, 0.6) is 0 Å². The molecule has 0 spiro atoms. The lowest BCUT2D eigenvalue weighted by atomic mass is 9.90. The van der Waals surface area contributed by atoms with Gasteiger partial charge in [0.2, 0.25) is 0 Å². The van der Waals surface area contributed by atoms with Crippen LogP contribution in [0.4, 0.5) is 0 Å². The Bertz CT molecular complexity index is 3650. The third kappa shape index (κ3) is 6.24. The van der Waals surface area contributed by atoms with Gasteiger partial charge in [-0.2, -0.15) is 0 Å². The highest BCUT2D eigenvalue weighted by Gasteiger charge is 2.18. The van der Waals surface area contributed by atoms with E-state index in [1.165, 1.54) is 74.7 Å². The van der Waals surface area contributed by atoms with Crippen LogP contribution < -0.4 is 0 Å². The Balaban J connectivity index is 1.02. The van der Waals surface area contributed by atoms with Gasteiger partial charge in [0.15, 0.2) is 17.5 Å². The van der Waals surface area contributed by atoms with Crippen LogP contribution in [-0.4, -0.2) is 15.0 Å². The highest BCUT2D eigenvalue weighted by Crippen LogP contribution is 2.41. The Labute approximate surface area is 356 Å². The Morgan fingerprint density at radius 2 is 0.787 bits per heavy atom. The monoisotopic (exact) mass is 793 g/mol. The quantitative estimate of drug-likeness (QED) is 0.157. The first-order valence-electron chi connectivity index (χ1n) is 20.6. The predicted molar refractivity (Wildman–Crippen MR) is 258 cm³/mol. The first-order valence-corrected chi connectivity index (χ1v) is 21.4. The van der Waals surface area contributed by atoms with Gasteiger partial charge in [0, 0.05) is 36.9 Å². The van der Waals surface area contributed by atoms with Gasteiger partial charge in [0.1, 0.15) is 0 Å². The lowest BCUT2D eigenvalue weighted by Gasteiger charge is -2.14. The van der Waals surface area contributed by atoms with Crippen LogP contribution >= 0.6 is 11.3 Å². The molecule has 0 unspecified atom stereocenters. The molecule has 0 radical (unpaired) electrons. The van der Waals surface area contributed by atoms with Gasteiger partial charge >= 0.3 is 0 Å². The van der Waals surface area contributed by atoms with Gasteiger partial charge in [-0.1, -0.05) is 170 Å². The van der Waals surface area contributed by atoms with E-state index in [1.54, 1.807) is 11.3 Å². The molecule has 284 valence electrons. The van der Waals surface area contributed by atoms with Crippen molar-refractivity contribution in [1.29, 1.82) is 0 Å². The molecule has 61 heavy (non-hydrogen) atoms. The zero-order chi connectivity index (χ0) is 40.3. The van der Waals surface area contributed by atoms with Crippen LogP contribution in [-0.2, 0) is 0 Å². The summed E-state index contributed by atoms with van der Waals surface area (Å²) in [7, 11) is 0. The molecule has 12 rings (SSSR count). The zero-order valence-electron chi connectivity index (χ0n) is 33.0. The van der Waals surface area contributed by atoms with Gasteiger partial charge in [-0.3, -0.25) is 0 Å². The Morgan fingerprint density at radius 3 is 1.57 bits per heavy atom. The van der Waals surface area contributed by atoms with E-state index in [1.807, 2.05) is 0 Å². The van der Waals surface area contributed by atoms with Gasteiger partial charge in [0.05, 0.1) is 0 Å². The first kappa shape index (κ1) is 35.2. The van der Waals surface area contributed by atoms with Crippen LogP contribution in [0.3, 0.4) is 0 Å². The number of benzene rings is 10. The number of rotatable bonds is 6. The van der Waals surface area contributed by atoms with E-state index < -0.39 is 0 Å². The summed E-state index contributed by atoms with van der Waals surface area (Å²) in [6.07, 6.45) is 0. The van der Waals surface area contributed by atoms with E-state index in [-0.39, 0.29) is 0 Å². The lowest BCUT2D eigenvalue weighted by molar-refractivity contribution is 1.08. The molecule has 2 aromatic heterocycles. The highest BCUT2D eigenvalue weighted by molar-refractivity contribution is 7.25. The maximum Gasteiger partial charge on any atom is 0.164 e.